The molecular formula is C28H42N2O4S. The second-order valence-corrected chi connectivity index (χ2v) is 13.0. The third kappa shape index (κ3) is 6.18. The van der Waals surface area contributed by atoms with Gasteiger partial charge in [-0.15, -0.1) is 0 Å². The Morgan fingerprint density at radius 3 is 2.37 bits per heavy atom. The van der Waals surface area contributed by atoms with E-state index in [1.54, 1.807) is 29.2 Å². The molecular weight excluding hydrogens is 460 g/mol. The summed E-state index contributed by atoms with van der Waals surface area (Å²) in [5.74, 6) is -0.347. The number of carbonyl (C=O) groups is 1. The Hall–Kier alpha value is -2.12. The molecule has 0 aromatic heterocycles. The number of hydrogen-bond donors (Lipinski definition) is 0. The zero-order valence-corrected chi connectivity index (χ0v) is 23.1. The van der Waals surface area contributed by atoms with Crippen molar-refractivity contribution in [3.63, 3.8) is 0 Å². The Morgan fingerprint density at radius 2 is 1.83 bits per heavy atom. The first-order valence-electron chi connectivity index (χ1n) is 12.8. The second kappa shape index (κ2) is 10.9. The molecule has 1 saturated heterocycles. The maximum atomic E-state index is 14.1. The molecule has 2 unspecified atom stereocenters. The van der Waals surface area contributed by atoms with Crippen molar-refractivity contribution in [3.05, 3.63) is 53.8 Å². The van der Waals surface area contributed by atoms with Crippen LogP contribution in [0.2, 0.25) is 0 Å². The van der Waals surface area contributed by atoms with Gasteiger partial charge in [-0.05, 0) is 96.2 Å². The molecule has 7 heteroatoms. The molecule has 1 amide bonds. The molecule has 3 rings (SSSR count). The van der Waals surface area contributed by atoms with E-state index in [1.807, 2.05) is 59.9 Å². The number of rotatable bonds is 5. The number of hydrogen-bond acceptors (Lipinski definition) is 5. The Morgan fingerprint density at radius 1 is 1.17 bits per heavy atom. The van der Waals surface area contributed by atoms with Crippen molar-refractivity contribution in [2.45, 2.75) is 95.1 Å². The van der Waals surface area contributed by atoms with Crippen LogP contribution in [0.3, 0.4) is 0 Å². The Balaban J connectivity index is 2.17. The van der Waals surface area contributed by atoms with Crippen LogP contribution in [0.5, 0.6) is 0 Å². The summed E-state index contributed by atoms with van der Waals surface area (Å²) in [5.41, 5.74) is 1.09. The van der Waals surface area contributed by atoms with Crippen LogP contribution < -0.4 is 0 Å². The first-order chi connectivity index (χ1) is 16.4. The van der Waals surface area contributed by atoms with E-state index >= 15 is 0 Å². The van der Waals surface area contributed by atoms with Crippen LogP contribution in [0, 0.1) is 5.92 Å². The van der Waals surface area contributed by atoms with Crippen LogP contribution in [-0.4, -0.2) is 60.8 Å². The fourth-order valence-electron chi connectivity index (χ4n) is 5.20. The maximum Gasteiger partial charge on any atom is 0.414 e. The third-order valence-electron chi connectivity index (χ3n) is 7.21. The summed E-state index contributed by atoms with van der Waals surface area (Å²) >= 11 is 0. The maximum absolute atomic E-state index is 14.1. The highest BCUT2D eigenvalue weighted by Crippen LogP contribution is 2.40. The van der Waals surface area contributed by atoms with Gasteiger partial charge in [0.2, 0.25) is 0 Å². The van der Waals surface area contributed by atoms with Crippen molar-refractivity contribution in [1.29, 1.82) is 0 Å². The van der Waals surface area contributed by atoms with Crippen molar-refractivity contribution in [3.8, 4) is 0 Å². The van der Waals surface area contributed by atoms with E-state index in [4.69, 9.17) is 4.74 Å². The van der Waals surface area contributed by atoms with Crippen molar-refractivity contribution in [1.82, 2.24) is 9.80 Å². The molecule has 0 saturated carbocycles. The number of nitrogens with zero attached hydrogens (tertiary/aromatic N) is 2. The summed E-state index contributed by atoms with van der Waals surface area (Å²) in [7, 11) is -1.59. The molecule has 194 valence electrons. The van der Waals surface area contributed by atoms with Gasteiger partial charge in [-0.1, -0.05) is 38.1 Å². The van der Waals surface area contributed by atoms with Gasteiger partial charge in [0.1, 0.15) is 5.60 Å². The minimum absolute atomic E-state index is 0.311. The zero-order valence-electron chi connectivity index (χ0n) is 22.3. The number of benzene rings is 1. The Kier molecular flexibility index (Phi) is 8.53. The van der Waals surface area contributed by atoms with Crippen LogP contribution in [0.1, 0.15) is 67.2 Å². The molecule has 4 atom stereocenters. The van der Waals surface area contributed by atoms with E-state index in [9.17, 15) is 13.2 Å². The summed E-state index contributed by atoms with van der Waals surface area (Å²) in [6.07, 6.45) is 7.07. The minimum atomic E-state index is -3.70. The second-order valence-electron chi connectivity index (χ2n) is 11.0. The summed E-state index contributed by atoms with van der Waals surface area (Å²) < 4.78 is 34.0. The molecule has 0 N–H and O–H groups in total. The lowest BCUT2D eigenvalue weighted by atomic mass is 9.89. The lowest BCUT2D eigenvalue weighted by Crippen LogP contribution is -2.45. The topological polar surface area (TPSA) is 66.9 Å². The van der Waals surface area contributed by atoms with Gasteiger partial charge in [0, 0.05) is 18.3 Å². The number of amides is 1. The van der Waals surface area contributed by atoms with E-state index in [0.29, 0.717) is 23.8 Å². The molecule has 6 nitrogen and oxygen atoms in total. The molecule has 2 heterocycles. The predicted octanol–water partition coefficient (Wildman–Crippen LogP) is 5.81. The van der Waals surface area contributed by atoms with Crippen LogP contribution in [0.25, 0.3) is 0 Å². The van der Waals surface area contributed by atoms with Gasteiger partial charge in [-0.25, -0.2) is 13.2 Å². The average Bonchev–Trinajstić information content (AvgIpc) is 3.14. The number of allylic oxidation sites excluding steroid dienone is 1. The van der Waals surface area contributed by atoms with E-state index in [0.717, 1.165) is 30.5 Å². The van der Waals surface area contributed by atoms with Gasteiger partial charge in [0.05, 0.1) is 10.1 Å². The first-order valence-corrected chi connectivity index (χ1v) is 14.3. The molecule has 0 radical (unpaired) electrons. The predicted molar refractivity (Wildman–Crippen MR) is 141 cm³/mol. The Labute approximate surface area is 211 Å². The fraction of sp³-hybridized carbons (Fsp3) is 0.607. The number of likely N-dealkylation sites (tertiary alicyclic amines) is 1. The first kappa shape index (κ1) is 27.5. The van der Waals surface area contributed by atoms with Gasteiger partial charge in [0.15, 0.2) is 9.84 Å². The quantitative estimate of drug-likeness (QED) is 0.508. The van der Waals surface area contributed by atoms with Crippen LogP contribution in [-0.2, 0) is 14.6 Å². The van der Waals surface area contributed by atoms with Gasteiger partial charge < -0.3 is 9.64 Å². The highest BCUT2D eigenvalue weighted by atomic mass is 32.2. The summed E-state index contributed by atoms with van der Waals surface area (Å²) in [5, 5.41) is -0.759. The minimum Gasteiger partial charge on any atom is -0.443 e. The van der Waals surface area contributed by atoms with E-state index < -0.39 is 26.8 Å². The largest absolute Gasteiger partial charge is 0.443 e. The SMILES string of the molecule is CC/C=C1/C(C[C@H]2CCCN2C)=CN(C(=O)OC(C)(C)C)[C@H](C)C(C)C1S(=O)(=O)c1ccccc1. The van der Waals surface area contributed by atoms with Crippen molar-refractivity contribution >= 4 is 15.9 Å². The molecule has 0 aliphatic carbocycles. The highest BCUT2D eigenvalue weighted by molar-refractivity contribution is 7.92. The summed E-state index contributed by atoms with van der Waals surface area (Å²) in [4.78, 5) is 17.6. The molecule has 1 fully saturated rings. The van der Waals surface area contributed by atoms with Gasteiger partial charge >= 0.3 is 6.09 Å². The summed E-state index contributed by atoms with van der Waals surface area (Å²) in [6, 6.07) is 8.63. The van der Waals surface area contributed by atoms with Crippen molar-refractivity contribution in [2.75, 3.05) is 13.6 Å². The zero-order chi connectivity index (χ0) is 26.0. The Bertz CT molecular complexity index is 1060. The molecule has 2 aliphatic heterocycles. The van der Waals surface area contributed by atoms with Gasteiger partial charge in [-0.2, -0.15) is 0 Å². The monoisotopic (exact) mass is 502 g/mol. The lowest BCUT2D eigenvalue weighted by molar-refractivity contribution is 0.0245. The van der Waals surface area contributed by atoms with Gasteiger partial charge in [-0.3, -0.25) is 4.90 Å². The normalized spacial score (nSPS) is 27.6. The van der Waals surface area contributed by atoms with E-state index in [1.165, 1.54) is 0 Å². The third-order valence-corrected chi connectivity index (χ3v) is 9.49. The van der Waals surface area contributed by atoms with E-state index in [-0.39, 0.29) is 12.0 Å². The average molecular weight is 503 g/mol. The van der Waals surface area contributed by atoms with Gasteiger partial charge in [0.25, 0.3) is 0 Å². The fourth-order valence-corrected chi connectivity index (χ4v) is 7.41. The number of carbonyl (C=O) groups excluding carboxylic acids is 1. The molecule has 0 bridgehead atoms. The van der Waals surface area contributed by atoms with Crippen molar-refractivity contribution < 1.29 is 17.9 Å². The van der Waals surface area contributed by atoms with E-state index in [2.05, 4.69) is 11.9 Å². The molecule has 35 heavy (non-hydrogen) atoms. The van der Waals surface area contributed by atoms with Crippen molar-refractivity contribution in [2.24, 2.45) is 5.92 Å². The smallest absolute Gasteiger partial charge is 0.414 e. The summed E-state index contributed by atoms with van der Waals surface area (Å²) in [6.45, 7) is 12.5. The number of ether oxygens (including phenoxy) is 1. The van der Waals surface area contributed by atoms with Crippen LogP contribution in [0.15, 0.2) is 58.6 Å². The number of sulfone groups is 1. The van der Waals surface area contributed by atoms with Crippen LogP contribution in [0.4, 0.5) is 4.79 Å². The molecule has 0 spiro atoms. The standard InChI is InChI=1S/C28H42N2O4S/c1-8-13-25-22(18-23-14-12-17-29(23)7)19-30(27(31)34-28(4,5)6)21(3)20(2)26(25)35(32,33)24-15-10-9-11-16-24/h9-11,13,15-16,19-21,23,26H,8,12,14,17-18H2,1-7H3/b25-13-/t20?,21-,23-,26?/m1/s1. The van der Waals surface area contributed by atoms with Crippen LogP contribution >= 0.6 is 0 Å². The molecule has 1 aromatic carbocycles. The molecule has 2 aliphatic rings. The highest BCUT2D eigenvalue weighted by Gasteiger charge is 2.44. The molecule has 1 aromatic rings. The lowest BCUT2D eigenvalue weighted by Gasteiger charge is -2.34.